The third-order valence-corrected chi connectivity index (χ3v) is 6.54. The second-order valence-corrected chi connectivity index (χ2v) is 8.14. The average molecular weight is 405 g/mol. The Morgan fingerprint density at radius 3 is 2.67 bits per heavy atom. The molecule has 1 spiro atoms. The van der Waals surface area contributed by atoms with Gasteiger partial charge in [-0.05, 0) is 37.3 Å². The van der Waals surface area contributed by atoms with Gasteiger partial charge in [-0.15, -0.1) is 0 Å². The van der Waals surface area contributed by atoms with Gasteiger partial charge in [0, 0.05) is 25.2 Å². The SMILES string of the molecule is N=C(c1cccc(Cl)c1Cl)c1ncc(N2CCC3(CCNC3)CC2)nc1N. The number of hydrogen-bond donors (Lipinski definition) is 3. The van der Waals surface area contributed by atoms with Gasteiger partial charge in [0.05, 0.1) is 22.0 Å². The maximum Gasteiger partial charge on any atom is 0.154 e. The number of rotatable bonds is 3. The molecular formula is C19H22Cl2N6. The van der Waals surface area contributed by atoms with Crippen molar-refractivity contribution < 1.29 is 0 Å². The molecule has 1 aromatic carbocycles. The molecule has 8 heteroatoms. The van der Waals surface area contributed by atoms with Crippen molar-refractivity contribution in [3.8, 4) is 0 Å². The largest absolute Gasteiger partial charge is 0.382 e. The lowest BCUT2D eigenvalue weighted by Crippen LogP contribution is -2.41. The molecule has 0 radical (unpaired) electrons. The number of nitrogens with two attached hydrogens (primary N) is 1. The summed E-state index contributed by atoms with van der Waals surface area (Å²) in [5, 5.41) is 12.6. The van der Waals surface area contributed by atoms with Crippen LogP contribution in [0.3, 0.4) is 0 Å². The Balaban J connectivity index is 1.53. The highest BCUT2D eigenvalue weighted by molar-refractivity contribution is 6.44. The minimum atomic E-state index is 0.119. The van der Waals surface area contributed by atoms with Gasteiger partial charge in [0.1, 0.15) is 11.5 Å². The molecule has 6 nitrogen and oxygen atoms in total. The quantitative estimate of drug-likeness (QED) is 0.682. The van der Waals surface area contributed by atoms with Crippen LogP contribution in [0.4, 0.5) is 11.6 Å². The molecule has 0 aliphatic carbocycles. The van der Waals surface area contributed by atoms with E-state index in [2.05, 4.69) is 20.2 Å². The molecular weight excluding hydrogens is 383 g/mol. The predicted octanol–water partition coefficient (Wildman–Crippen LogP) is 3.36. The fraction of sp³-hybridized carbons (Fsp3) is 0.421. The van der Waals surface area contributed by atoms with E-state index in [1.165, 1.54) is 6.42 Å². The number of halogens is 2. The number of nitrogens with zero attached hydrogens (tertiary/aromatic N) is 3. The number of aromatic nitrogens is 2. The van der Waals surface area contributed by atoms with Gasteiger partial charge in [0.15, 0.2) is 5.82 Å². The molecule has 2 aliphatic heterocycles. The summed E-state index contributed by atoms with van der Waals surface area (Å²) in [6.07, 6.45) is 5.25. The Morgan fingerprint density at radius 1 is 1.22 bits per heavy atom. The van der Waals surface area contributed by atoms with Gasteiger partial charge in [0.25, 0.3) is 0 Å². The van der Waals surface area contributed by atoms with Crippen LogP contribution in [0.1, 0.15) is 30.5 Å². The van der Waals surface area contributed by atoms with Gasteiger partial charge >= 0.3 is 0 Å². The molecule has 2 saturated heterocycles. The van der Waals surface area contributed by atoms with E-state index >= 15 is 0 Å². The lowest BCUT2D eigenvalue weighted by molar-refractivity contribution is 0.247. The lowest BCUT2D eigenvalue weighted by Gasteiger charge is -2.39. The van der Waals surface area contributed by atoms with Crippen LogP contribution in [-0.2, 0) is 0 Å². The normalized spacial score (nSPS) is 18.8. The van der Waals surface area contributed by atoms with Gasteiger partial charge < -0.3 is 16.0 Å². The third kappa shape index (κ3) is 3.49. The fourth-order valence-corrected chi connectivity index (χ4v) is 4.39. The van der Waals surface area contributed by atoms with E-state index < -0.39 is 0 Å². The molecule has 1 aromatic heterocycles. The average Bonchev–Trinajstić information content (AvgIpc) is 3.12. The molecule has 0 amide bonds. The van der Waals surface area contributed by atoms with E-state index in [1.54, 1.807) is 24.4 Å². The van der Waals surface area contributed by atoms with Crippen molar-refractivity contribution in [1.82, 2.24) is 15.3 Å². The molecule has 0 unspecified atom stereocenters. The van der Waals surface area contributed by atoms with E-state index in [4.69, 9.17) is 34.3 Å². The lowest BCUT2D eigenvalue weighted by atomic mass is 9.78. The van der Waals surface area contributed by atoms with Crippen molar-refractivity contribution >= 4 is 40.5 Å². The van der Waals surface area contributed by atoms with E-state index in [0.29, 0.717) is 26.7 Å². The van der Waals surface area contributed by atoms with Crippen LogP contribution in [0.25, 0.3) is 0 Å². The van der Waals surface area contributed by atoms with Crippen LogP contribution in [0.15, 0.2) is 24.4 Å². The highest BCUT2D eigenvalue weighted by Gasteiger charge is 2.37. The zero-order valence-corrected chi connectivity index (χ0v) is 16.4. The molecule has 4 N–H and O–H groups in total. The van der Waals surface area contributed by atoms with Crippen LogP contribution in [0.5, 0.6) is 0 Å². The maximum atomic E-state index is 8.43. The Hall–Kier alpha value is -1.89. The van der Waals surface area contributed by atoms with Gasteiger partial charge in [-0.2, -0.15) is 0 Å². The van der Waals surface area contributed by atoms with Crippen LogP contribution < -0.4 is 16.0 Å². The third-order valence-electron chi connectivity index (χ3n) is 5.72. The van der Waals surface area contributed by atoms with Crippen LogP contribution in [0.2, 0.25) is 10.0 Å². The Bertz CT molecular complexity index is 868. The topological polar surface area (TPSA) is 90.9 Å². The van der Waals surface area contributed by atoms with Crippen molar-refractivity contribution in [2.45, 2.75) is 19.3 Å². The zero-order chi connectivity index (χ0) is 19.0. The molecule has 2 aromatic rings. The first-order valence-corrected chi connectivity index (χ1v) is 9.86. The molecule has 2 aliphatic rings. The first kappa shape index (κ1) is 18.5. The number of nitrogen functional groups attached to an aromatic ring is 1. The monoisotopic (exact) mass is 404 g/mol. The van der Waals surface area contributed by atoms with Crippen molar-refractivity contribution in [3.05, 3.63) is 45.7 Å². The predicted molar refractivity (Wildman–Crippen MR) is 110 cm³/mol. The Labute approximate surface area is 168 Å². The maximum absolute atomic E-state index is 8.43. The van der Waals surface area contributed by atoms with Crippen LogP contribution in [0, 0.1) is 10.8 Å². The summed E-state index contributed by atoms with van der Waals surface area (Å²) in [6.45, 7) is 4.14. The van der Waals surface area contributed by atoms with Crippen LogP contribution in [-0.4, -0.2) is 41.9 Å². The van der Waals surface area contributed by atoms with E-state index in [1.807, 2.05) is 0 Å². The van der Waals surface area contributed by atoms with E-state index in [0.717, 1.165) is 44.8 Å². The van der Waals surface area contributed by atoms with Crippen molar-refractivity contribution in [1.29, 1.82) is 5.41 Å². The van der Waals surface area contributed by atoms with Crippen molar-refractivity contribution in [2.24, 2.45) is 5.41 Å². The molecule has 0 saturated carbocycles. The zero-order valence-electron chi connectivity index (χ0n) is 14.9. The Morgan fingerprint density at radius 2 is 2.00 bits per heavy atom. The summed E-state index contributed by atoms with van der Waals surface area (Å²) in [6, 6.07) is 5.16. The van der Waals surface area contributed by atoms with Gasteiger partial charge in [0.2, 0.25) is 0 Å². The minimum Gasteiger partial charge on any atom is -0.382 e. The Kier molecular flexibility index (Phi) is 4.97. The summed E-state index contributed by atoms with van der Waals surface area (Å²) in [5.41, 5.74) is 7.52. The van der Waals surface area contributed by atoms with Crippen molar-refractivity contribution in [3.63, 3.8) is 0 Å². The van der Waals surface area contributed by atoms with Gasteiger partial charge in [-0.3, -0.25) is 5.41 Å². The summed E-state index contributed by atoms with van der Waals surface area (Å²) in [5.74, 6) is 0.999. The molecule has 0 atom stereocenters. The first-order chi connectivity index (χ1) is 13.0. The van der Waals surface area contributed by atoms with E-state index in [9.17, 15) is 0 Å². The number of nitrogens with one attached hydrogen (secondary N) is 2. The summed E-state index contributed by atoms with van der Waals surface area (Å²) < 4.78 is 0. The highest BCUT2D eigenvalue weighted by Crippen LogP contribution is 2.38. The van der Waals surface area contributed by atoms with E-state index in [-0.39, 0.29) is 11.5 Å². The fourth-order valence-electron chi connectivity index (χ4n) is 4.00. The van der Waals surface area contributed by atoms with Gasteiger partial charge in [-0.1, -0.05) is 35.3 Å². The number of anilines is 2. The molecule has 4 rings (SSSR count). The summed E-state index contributed by atoms with van der Waals surface area (Å²) in [7, 11) is 0. The molecule has 0 bridgehead atoms. The van der Waals surface area contributed by atoms with Crippen molar-refractivity contribution in [2.75, 3.05) is 36.8 Å². The minimum absolute atomic E-state index is 0.119. The molecule has 142 valence electrons. The second-order valence-electron chi connectivity index (χ2n) is 7.35. The highest BCUT2D eigenvalue weighted by atomic mass is 35.5. The van der Waals surface area contributed by atoms with Crippen LogP contribution >= 0.6 is 23.2 Å². The summed E-state index contributed by atoms with van der Waals surface area (Å²) >= 11 is 12.3. The number of benzene rings is 1. The molecule has 27 heavy (non-hydrogen) atoms. The standard InChI is InChI=1S/C19H22Cl2N6/c20-13-3-1-2-12(15(13)21)16(22)17-18(23)26-14(10-25-17)27-8-5-19(6-9-27)4-7-24-11-19/h1-3,10,22,24H,4-9,11H2,(H2,23,26). The smallest absolute Gasteiger partial charge is 0.154 e. The molecule has 3 heterocycles. The first-order valence-electron chi connectivity index (χ1n) is 9.11. The second kappa shape index (κ2) is 7.26. The van der Waals surface area contributed by atoms with Gasteiger partial charge in [-0.25, -0.2) is 9.97 Å². The number of piperidine rings is 1. The number of hydrogen-bond acceptors (Lipinski definition) is 6. The molecule has 2 fully saturated rings. The summed E-state index contributed by atoms with van der Waals surface area (Å²) in [4.78, 5) is 11.2.